The molecule has 0 aliphatic carbocycles. The highest BCUT2D eigenvalue weighted by atomic mass is 16.5. The number of methoxy groups -OCH3 is 1. The van der Waals surface area contributed by atoms with Crippen LogP contribution in [-0.2, 0) is 6.42 Å². The van der Waals surface area contributed by atoms with Crippen LogP contribution in [0, 0.1) is 12.8 Å². The third-order valence-electron chi connectivity index (χ3n) is 4.52. The molecule has 2 unspecified atom stereocenters. The van der Waals surface area contributed by atoms with Gasteiger partial charge >= 0.3 is 0 Å². The SMILES string of the molecule is COc1cccc(CCCNCC2CNNC2c2ccc(C)o2)c1. The second-order valence-corrected chi connectivity index (χ2v) is 6.37. The highest BCUT2D eigenvalue weighted by Crippen LogP contribution is 2.25. The third kappa shape index (κ3) is 4.38. The van der Waals surface area contributed by atoms with Crippen LogP contribution in [0.2, 0.25) is 0 Å². The number of hydrogen-bond acceptors (Lipinski definition) is 5. The van der Waals surface area contributed by atoms with E-state index >= 15 is 0 Å². The van der Waals surface area contributed by atoms with Gasteiger partial charge in [-0.2, -0.15) is 0 Å². The van der Waals surface area contributed by atoms with Crippen molar-refractivity contribution >= 4 is 0 Å². The fourth-order valence-electron chi connectivity index (χ4n) is 3.18. The van der Waals surface area contributed by atoms with Crippen molar-refractivity contribution in [2.75, 3.05) is 26.7 Å². The summed E-state index contributed by atoms with van der Waals surface area (Å²) >= 11 is 0. The van der Waals surface area contributed by atoms with E-state index in [0.29, 0.717) is 5.92 Å². The first kappa shape index (κ1) is 17.0. The molecule has 0 saturated carbocycles. The van der Waals surface area contributed by atoms with Crippen LogP contribution in [0.4, 0.5) is 0 Å². The summed E-state index contributed by atoms with van der Waals surface area (Å²) in [5, 5.41) is 3.58. The zero-order chi connectivity index (χ0) is 16.8. The summed E-state index contributed by atoms with van der Waals surface area (Å²) in [5.41, 5.74) is 7.89. The Bertz CT molecular complexity index is 641. The summed E-state index contributed by atoms with van der Waals surface area (Å²) in [5.74, 6) is 3.40. The number of furan rings is 1. The van der Waals surface area contributed by atoms with E-state index in [-0.39, 0.29) is 6.04 Å². The van der Waals surface area contributed by atoms with Gasteiger partial charge in [0.1, 0.15) is 17.3 Å². The summed E-state index contributed by atoms with van der Waals surface area (Å²) in [7, 11) is 1.71. The van der Waals surface area contributed by atoms with Crippen molar-refractivity contribution in [2.45, 2.75) is 25.8 Å². The molecule has 3 N–H and O–H groups in total. The lowest BCUT2D eigenvalue weighted by Crippen LogP contribution is -2.29. The Morgan fingerprint density at radius 1 is 1.29 bits per heavy atom. The summed E-state index contributed by atoms with van der Waals surface area (Å²) < 4.78 is 11.0. The number of rotatable bonds is 8. The van der Waals surface area contributed by atoms with Crippen LogP contribution in [0.3, 0.4) is 0 Å². The lowest BCUT2D eigenvalue weighted by molar-refractivity contribution is 0.360. The first-order valence-corrected chi connectivity index (χ1v) is 8.64. The van der Waals surface area contributed by atoms with Gasteiger partial charge in [0.25, 0.3) is 0 Å². The van der Waals surface area contributed by atoms with Gasteiger partial charge in [-0.1, -0.05) is 12.1 Å². The highest BCUT2D eigenvalue weighted by Gasteiger charge is 2.29. The predicted octanol–water partition coefficient (Wildman–Crippen LogP) is 2.58. The molecule has 130 valence electrons. The van der Waals surface area contributed by atoms with E-state index in [4.69, 9.17) is 9.15 Å². The fraction of sp³-hybridized carbons (Fsp3) is 0.474. The first-order chi connectivity index (χ1) is 11.8. The summed E-state index contributed by atoms with van der Waals surface area (Å²) in [6.07, 6.45) is 2.18. The van der Waals surface area contributed by atoms with Gasteiger partial charge < -0.3 is 14.5 Å². The monoisotopic (exact) mass is 329 g/mol. The molecule has 5 nitrogen and oxygen atoms in total. The van der Waals surface area contributed by atoms with Crippen molar-refractivity contribution in [1.82, 2.24) is 16.2 Å². The lowest BCUT2D eigenvalue weighted by atomic mass is 10.00. The van der Waals surface area contributed by atoms with Crippen LogP contribution in [0.15, 0.2) is 40.8 Å². The fourth-order valence-corrected chi connectivity index (χ4v) is 3.18. The molecule has 1 aliphatic heterocycles. The topological polar surface area (TPSA) is 58.5 Å². The number of hydrazine groups is 1. The normalized spacial score (nSPS) is 20.4. The third-order valence-corrected chi connectivity index (χ3v) is 4.52. The van der Waals surface area contributed by atoms with E-state index in [2.05, 4.69) is 34.4 Å². The average molecular weight is 329 g/mol. The highest BCUT2D eigenvalue weighted by molar-refractivity contribution is 5.28. The smallest absolute Gasteiger partial charge is 0.122 e. The molecule has 0 spiro atoms. The molecule has 2 heterocycles. The van der Waals surface area contributed by atoms with Crippen molar-refractivity contribution in [3.05, 3.63) is 53.5 Å². The molecule has 1 aromatic carbocycles. The number of ether oxygens (including phenoxy) is 1. The molecule has 2 atom stereocenters. The second kappa shape index (κ2) is 8.33. The zero-order valence-electron chi connectivity index (χ0n) is 14.5. The van der Waals surface area contributed by atoms with Crippen molar-refractivity contribution in [2.24, 2.45) is 5.92 Å². The number of nitrogens with one attached hydrogen (secondary N) is 3. The molecule has 1 aliphatic rings. The Balaban J connectivity index is 1.39. The Morgan fingerprint density at radius 3 is 3.00 bits per heavy atom. The molecule has 3 rings (SSSR count). The van der Waals surface area contributed by atoms with Crippen molar-refractivity contribution in [3.8, 4) is 5.75 Å². The van der Waals surface area contributed by atoms with E-state index in [1.54, 1.807) is 7.11 Å². The lowest BCUT2D eigenvalue weighted by Gasteiger charge is -2.17. The average Bonchev–Trinajstić information content (AvgIpc) is 3.23. The maximum absolute atomic E-state index is 5.76. The summed E-state index contributed by atoms with van der Waals surface area (Å²) in [4.78, 5) is 0. The van der Waals surface area contributed by atoms with Crippen molar-refractivity contribution in [1.29, 1.82) is 0 Å². The van der Waals surface area contributed by atoms with Crippen LogP contribution in [0.5, 0.6) is 5.75 Å². The van der Waals surface area contributed by atoms with Crippen LogP contribution in [0.1, 0.15) is 29.5 Å². The standard InChI is InChI=1S/C19H27N3O2/c1-14-8-9-18(24-14)19-16(13-21-22-19)12-20-10-4-6-15-5-3-7-17(11-15)23-2/h3,5,7-9,11,16,19-22H,4,6,10,12-13H2,1-2H3. The largest absolute Gasteiger partial charge is 0.497 e. The zero-order valence-corrected chi connectivity index (χ0v) is 14.5. The molecule has 5 heteroatoms. The number of benzene rings is 1. The minimum Gasteiger partial charge on any atom is -0.497 e. The Labute approximate surface area is 143 Å². The van der Waals surface area contributed by atoms with Crippen LogP contribution < -0.4 is 20.9 Å². The molecule has 1 fully saturated rings. The maximum atomic E-state index is 5.76. The molecule has 24 heavy (non-hydrogen) atoms. The van der Waals surface area contributed by atoms with Crippen LogP contribution in [-0.4, -0.2) is 26.7 Å². The molecule has 1 saturated heterocycles. The van der Waals surface area contributed by atoms with Gasteiger partial charge in [0.2, 0.25) is 0 Å². The predicted molar refractivity (Wildman–Crippen MR) is 95.0 cm³/mol. The van der Waals surface area contributed by atoms with E-state index in [1.807, 2.05) is 25.1 Å². The van der Waals surface area contributed by atoms with Gasteiger partial charge in [-0.15, -0.1) is 0 Å². The molecular weight excluding hydrogens is 302 g/mol. The quantitative estimate of drug-likeness (QED) is 0.650. The molecular formula is C19H27N3O2. The van der Waals surface area contributed by atoms with Gasteiger partial charge in [0.05, 0.1) is 13.2 Å². The minimum atomic E-state index is 0.240. The molecule has 1 aromatic heterocycles. The van der Waals surface area contributed by atoms with E-state index < -0.39 is 0 Å². The van der Waals surface area contributed by atoms with Gasteiger partial charge in [-0.25, -0.2) is 5.43 Å². The van der Waals surface area contributed by atoms with Crippen LogP contribution in [0.25, 0.3) is 0 Å². The second-order valence-electron chi connectivity index (χ2n) is 6.37. The Hall–Kier alpha value is -1.82. The van der Waals surface area contributed by atoms with E-state index in [0.717, 1.165) is 49.7 Å². The molecule has 0 radical (unpaired) electrons. The van der Waals surface area contributed by atoms with Gasteiger partial charge in [-0.05, 0) is 56.1 Å². The van der Waals surface area contributed by atoms with Crippen LogP contribution >= 0.6 is 0 Å². The summed E-state index contributed by atoms with van der Waals surface area (Å²) in [6, 6.07) is 12.6. The van der Waals surface area contributed by atoms with Gasteiger partial charge in [-0.3, -0.25) is 5.43 Å². The van der Waals surface area contributed by atoms with E-state index in [1.165, 1.54) is 5.56 Å². The first-order valence-electron chi connectivity index (χ1n) is 8.64. The molecule has 2 aromatic rings. The van der Waals surface area contributed by atoms with Gasteiger partial charge in [0.15, 0.2) is 0 Å². The number of hydrogen-bond donors (Lipinski definition) is 3. The summed E-state index contributed by atoms with van der Waals surface area (Å²) in [6.45, 7) is 4.92. The van der Waals surface area contributed by atoms with E-state index in [9.17, 15) is 0 Å². The number of aryl methyl sites for hydroxylation is 2. The maximum Gasteiger partial charge on any atom is 0.122 e. The minimum absolute atomic E-state index is 0.240. The van der Waals surface area contributed by atoms with Crippen molar-refractivity contribution < 1.29 is 9.15 Å². The molecule has 0 bridgehead atoms. The Morgan fingerprint density at radius 2 is 2.21 bits per heavy atom. The molecule has 0 amide bonds. The van der Waals surface area contributed by atoms with Gasteiger partial charge in [0, 0.05) is 19.0 Å². The Kier molecular flexibility index (Phi) is 5.91. The van der Waals surface area contributed by atoms with Crippen molar-refractivity contribution in [3.63, 3.8) is 0 Å².